The highest BCUT2D eigenvalue weighted by atomic mass is 16.5. The Morgan fingerprint density at radius 2 is 1.94 bits per heavy atom. The zero-order valence-corrected chi connectivity index (χ0v) is 10.8. The second kappa shape index (κ2) is 7.17. The molecule has 0 aromatic rings. The number of aliphatic carboxylic acids is 1. The smallest absolute Gasteiger partial charge is 0.330 e. The predicted molar refractivity (Wildman–Crippen MR) is 64.9 cm³/mol. The van der Waals surface area contributed by atoms with Crippen molar-refractivity contribution in [2.75, 3.05) is 26.3 Å². The fourth-order valence-electron chi connectivity index (χ4n) is 1.70. The van der Waals surface area contributed by atoms with E-state index >= 15 is 0 Å². The molecular weight excluding hydrogens is 238 g/mol. The molecule has 104 valence electrons. The first-order chi connectivity index (χ1) is 8.49. The monoisotopic (exact) mass is 259 g/mol. The van der Waals surface area contributed by atoms with Gasteiger partial charge in [-0.15, -0.1) is 0 Å². The molecule has 2 amide bonds. The number of hydrazine groups is 1. The van der Waals surface area contributed by atoms with Crippen LogP contribution in [0.3, 0.4) is 0 Å². The number of amides is 2. The van der Waals surface area contributed by atoms with Crippen LogP contribution in [0.5, 0.6) is 0 Å². The zero-order chi connectivity index (χ0) is 13.5. The van der Waals surface area contributed by atoms with Gasteiger partial charge < -0.3 is 15.2 Å². The van der Waals surface area contributed by atoms with Gasteiger partial charge in [-0.3, -0.25) is 5.43 Å². The summed E-state index contributed by atoms with van der Waals surface area (Å²) < 4.78 is 5.15. The molecule has 1 rings (SSSR count). The lowest BCUT2D eigenvalue weighted by Crippen LogP contribution is -2.54. The van der Waals surface area contributed by atoms with E-state index in [1.165, 1.54) is 0 Å². The minimum Gasteiger partial charge on any atom is -0.480 e. The molecule has 0 radical (unpaired) electrons. The van der Waals surface area contributed by atoms with Crippen LogP contribution < -0.4 is 10.7 Å². The Kier molecular flexibility index (Phi) is 5.87. The van der Waals surface area contributed by atoms with Crippen molar-refractivity contribution < 1.29 is 19.4 Å². The summed E-state index contributed by atoms with van der Waals surface area (Å²) in [6, 6.07) is -1.34. The van der Waals surface area contributed by atoms with Gasteiger partial charge in [0.1, 0.15) is 6.04 Å². The molecule has 0 spiro atoms. The largest absolute Gasteiger partial charge is 0.480 e. The summed E-state index contributed by atoms with van der Waals surface area (Å²) in [6.45, 7) is 6.17. The first-order valence-electron chi connectivity index (χ1n) is 6.11. The molecule has 0 saturated carbocycles. The number of carboxylic acid groups (broad SMARTS) is 1. The van der Waals surface area contributed by atoms with Gasteiger partial charge in [-0.1, -0.05) is 13.8 Å². The van der Waals surface area contributed by atoms with Crippen molar-refractivity contribution in [1.82, 2.24) is 15.8 Å². The molecule has 0 bridgehead atoms. The molecule has 1 saturated heterocycles. The van der Waals surface area contributed by atoms with Gasteiger partial charge >= 0.3 is 12.0 Å². The van der Waals surface area contributed by atoms with Gasteiger partial charge in [-0.2, -0.15) is 0 Å². The maximum absolute atomic E-state index is 11.6. The topological polar surface area (TPSA) is 90.9 Å². The number of nitrogens with one attached hydrogen (secondary N) is 2. The highest BCUT2D eigenvalue weighted by Crippen LogP contribution is 2.04. The molecule has 0 aromatic heterocycles. The maximum atomic E-state index is 11.6. The van der Waals surface area contributed by atoms with Crippen molar-refractivity contribution in [2.45, 2.75) is 26.3 Å². The summed E-state index contributed by atoms with van der Waals surface area (Å²) in [4.78, 5) is 22.6. The number of hydrogen-bond donors (Lipinski definition) is 3. The Morgan fingerprint density at radius 3 is 2.44 bits per heavy atom. The molecule has 18 heavy (non-hydrogen) atoms. The van der Waals surface area contributed by atoms with Crippen LogP contribution in [0.25, 0.3) is 0 Å². The molecule has 1 unspecified atom stereocenters. The standard InChI is InChI=1S/C11H21N3O4/c1-8(2)7-9(10(15)16)12-11(17)13-14-3-5-18-6-4-14/h8-9H,3-7H2,1-2H3,(H,15,16)(H2,12,13,17). The number of urea groups is 1. The van der Waals surface area contributed by atoms with E-state index in [0.29, 0.717) is 32.7 Å². The van der Waals surface area contributed by atoms with Crippen molar-refractivity contribution in [3.8, 4) is 0 Å². The van der Waals surface area contributed by atoms with Gasteiger partial charge in [0.15, 0.2) is 0 Å². The van der Waals surface area contributed by atoms with Crippen molar-refractivity contribution in [3.63, 3.8) is 0 Å². The van der Waals surface area contributed by atoms with Gasteiger partial charge in [0.2, 0.25) is 0 Å². The third-order valence-corrected chi connectivity index (χ3v) is 2.58. The predicted octanol–water partition coefficient (Wildman–Crippen LogP) is 0.0321. The number of hydrogen-bond acceptors (Lipinski definition) is 4. The minimum absolute atomic E-state index is 0.204. The molecule has 1 aliphatic heterocycles. The molecule has 7 heteroatoms. The first-order valence-corrected chi connectivity index (χ1v) is 6.11. The van der Waals surface area contributed by atoms with E-state index in [2.05, 4.69) is 10.7 Å². The van der Waals surface area contributed by atoms with E-state index in [1.54, 1.807) is 5.01 Å². The van der Waals surface area contributed by atoms with Gasteiger partial charge in [0.05, 0.1) is 13.2 Å². The number of ether oxygens (including phenoxy) is 1. The van der Waals surface area contributed by atoms with Crippen LogP contribution in [0.1, 0.15) is 20.3 Å². The molecule has 3 N–H and O–H groups in total. The van der Waals surface area contributed by atoms with Gasteiger partial charge in [-0.05, 0) is 12.3 Å². The number of nitrogens with zero attached hydrogens (tertiary/aromatic N) is 1. The third-order valence-electron chi connectivity index (χ3n) is 2.58. The van der Waals surface area contributed by atoms with Crippen LogP contribution in [-0.4, -0.2) is 54.5 Å². The minimum atomic E-state index is -1.01. The lowest BCUT2D eigenvalue weighted by Gasteiger charge is -2.27. The Balaban J connectivity index is 2.37. The van der Waals surface area contributed by atoms with Crippen LogP contribution in [0.2, 0.25) is 0 Å². The number of carbonyl (C=O) groups is 2. The highest BCUT2D eigenvalue weighted by molar-refractivity contribution is 5.82. The molecule has 0 aromatic carbocycles. The fourth-order valence-corrected chi connectivity index (χ4v) is 1.70. The molecule has 1 fully saturated rings. The number of morpholine rings is 1. The van der Waals surface area contributed by atoms with Crippen LogP contribution >= 0.6 is 0 Å². The van der Waals surface area contributed by atoms with Crippen molar-refractivity contribution in [1.29, 1.82) is 0 Å². The summed E-state index contributed by atoms with van der Waals surface area (Å²) in [5.74, 6) is -0.810. The average Bonchev–Trinajstić information content (AvgIpc) is 2.28. The van der Waals surface area contributed by atoms with E-state index in [1.807, 2.05) is 13.8 Å². The number of rotatable bonds is 5. The van der Waals surface area contributed by atoms with Crippen LogP contribution in [0, 0.1) is 5.92 Å². The quantitative estimate of drug-likeness (QED) is 0.648. The van der Waals surface area contributed by atoms with Crippen molar-refractivity contribution in [3.05, 3.63) is 0 Å². The summed E-state index contributed by atoms with van der Waals surface area (Å²) >= 11 is 0. The van der Waals surface area contributed by atoms with E-state index in [-0.39, 0.29) is 5.92 Å². The Labute approximate surface area is 106 Å². The zero-order valence-electron chi connectivity index (χ0n) is 10.8. The molecule has 1 heterocycles. The summed E-state index contributed by atoms with van der Waals surface area (Å²) in [5.41, 5.74) is 2.62. The second-order valence-corrected chi connectivity index (χ2v) is 4.71. The highest BCUT2D eigenvalue weighted by Gasteiger charge is 2.22. The lowest BCUT2D eigenvalue weighted by molar-refractivity contribution is -0.139. The summed E-state index contributed by atoms with van der Waals surface area (Å²) in [7, 11) is 0. The molecule has 1 aliphatic rings. The fraction of sp³-hybridized carbons (Fsp3) is 0.818. The number of carbonyl (C=O) groups excluding carboxylic acids is 1. The average molecular weight is 259 g/mol. The Bertz CT molecular complexity index is 290. The van der Waals surface area contributed by atoms with Gasteiger partial charge in [0, 0.05) is 13.1 Å². The van der Waals surface area contributed by atoms with E-state index in [9.17, 15) is 9.59 Å². The van der Waals surface area contributed by atoms with E-state index in [4.69, 9.17) is 9.84 Å². The van der Waals surface area contributed by atoms with Gasteiger partial charge in [0.25, 0.3) is 0 Å². The van der Waals surface area contributed by atoms with E-state index < -0.39 is 18.0 Å². The SMILES string of the molecule is CC(C)CC(NC(=O)NN1CCOCC1)C(=O)O. The number of carboxylic acids is 1. The van der Waals surface area contributed by atoms with Crippen LogP contribution in [-0.2, 0) is 9.53 Å². The van der Waals surface area contributed by atoms with E-state index in [0.717, 1.165) is 0 Å². The normalized spacial score (nSPS) is 18.4. The van der Waals surface area contributed by atoms with Crippen LogP contribution in [0.4, 0.5) is 4.79 Å². The van der Waals surface area contributed by atoms with Gasteiger partial charge in [-0.25, -0.2) is 14.6 Å². The van der Waals surface area contributed by atoms with Crippen molar-refractivity contribution >= 4 is 12.0 Å². The Hall–Kier alpha value is -1.34. The molecular formula is C11H21N3O4. The first kappa shape index (κ1) is 14.7. The second-order valence-electron chi connectivity index (χ2n) is 4.71. The summed E-state index contributed by atoms with van der Waals surface area (Å²) in [6.07, 6.45) is 0.409. The lowest BCUT2D eigenvalue weighted by atomic mass is 10.0. The molecule has 0 aliphatic carbocycles. The molecule has 7 nitrogen and oxygen atoms in total. The maximum Gasteiger partial charge on any atom is 0.330 e. The van der Waals surface area contributed by atoms with Crippen molar-refractivity contribution in [2.24, 2.45) is 5.92 Å². The van der Waals surface area contributed by atoms with Crippen LogP contribution in [0.15, 0.2) is 0 Å². The third kappa shape index (κ3) is 5.33. The summed E-state index contributed by atoms with van der Waals surface area (Å²) in [5, 5.41) is 13.2. The molecule has 1 atom stereocenters. The Morgan fingerprint density at radius 1 is 1.33 bits per heavy atom.